The van der Waals surface area contributed by atoms with E-state index in [9.17, 15) is 0 Å². The lowest BCUT2D eigenvalue weighted by atomic mass is 9.74. The molecular formula is C48H32N2O. The van der Waals surface area contributed by atoms with E-state index in [1.54, 1.807) is 0 Å². The van der Waals surface area contributed by atoms with E-state index in [1.165, 1.54) is 27.8 Å². The molecule has 1 atom stereocenters. The number of rotatable bonds is 5. The molecule has 0 fully saturated rings. The summed E-state index contributed by atoms with van der Waals surface area (Å²) in [6.45, 7) is 2.37. The van der Waals surface area contributed by atoms with Gasteiger partial charge in [0.2, 0.25) is 0 Å². The Morgan fingerprint density at radius 2 is 1.04 bits per heavy atom. The summed E-state index contributed by atoms with van der Waals surface area (Å²) >= 11 is 0. The van der Waals surface area contributed by atoms with Crippen LogP contribution in [0.4, 0.5) is 0 Å². The van der Waals surface area contributed by atoms with E-state index in [0.29, 0.717) is 5.82 Å². The van der Waals surface area contributed by atoms with Crippen molar-refractivity contribution in [1.82, 2.24) is 9.97 Å². The zero-order valence-corrected chi connectivity index (χ0v) is 28.0. The molecule has 240 valence electrons. The van der Waals surface area contributed by atoms with Crippen molar-refractivity contribution in [2.45, 2.75) is 12.3 Å². The molecule has 1 aliphatic rings. The second kappa shape index (κ2) is 11.5. The summed E-state index contributed by atoms with van der Waals surface area (Å²) < 4.78 is 6.49. The number of aromatic nitrogens is 2. The second-order valence-corrected chi connectivity index (χ2v) is 13.5. The molecule has 0 radical (unpaired) electrons. The molecule has 0 aliphatic heterocycles. The normalized spacial score (nSPS) is 14.8. The Balaban J connectivity index is 1.18. The summed E-state index contributed by atoms with van der Waals surface area (Å²) in [5.41, 5.74) is 14.8. The van der Waals surface area contributed by atoms with E-state index in [1.807, 2.05) is 30.3 Å². The van der Waals surface area contributed by atoms with Crippen molar-refractivity contribution in [1.29, 1.82) is 0 Å². The van der Waals surface area contributed by atoms with Gasteiger partial charge in [0.1, 0.15) is 11.2 Å². The lowest BCUT2D eigenvalue weighted by molar-refractivity contribution is 0.670. The predicted molar refractivity (Wildman–Crippen MR) is 208 cm³/mol. The van der Waals surface area contributed by atoms with Gasteiger partial charge in [0, 0.05) is 32.9 Å². The van der Waals surface area contributed by atoms with Crippen LogP contribution in [0.15, 0.2) is 180 Å². The molecule has 2 heterocycles. The number of para-hydroxylation sites is 2. The third-order valence-corrected chi connectivity index (χ3v) is 10.6. The summed E-state index contributed by atoms with van der Waals surface area (Å²) in [6, 6.07) is 62.1. The highest BCUT2D eigenvalue weighted by molar-refractivity contribution is 6.09. The maximum Gasteiger partial charge on any atom is 0.160 e. The van der Waals surface area contributed by atoms with E-state index in [4.69, 9.17) is 14.4 Å². The molecule has 0 spiro atoms. The minimum Gasteiger partial charge on any atom is -0.455 e. The van der Waals surface area contributed by atoms with Crippen LogP contribution in [0.1, 0.15) is 23.6 Å². The van der Waals surface area contributed by atoms with Gasteiger partial charge in [-0.05, 0) is 70.1 Å². The maximum absolute atomic E-state index is 6.49. The van der Waals surface area contributed by atoms with E-state index in [-0.39, 0.29) is 5.41 Å². The van der Waals surface area contributed by atoms with Gasteiger partial charge in [0.15, 0.2) is 5.82 Å². The minimum atomic E-state index is -0.286. The van der Waals surface area contributed by atoms with Crippen LogP contribution in [0.5, 0.6) is 0 Å². The molecule has 0 saturated carbocycles. The first kappa shape index (κ1) is 29.3. The summed E-state index contributed by atoms with van der Waals surface area (Å²) in [5, 5.41) is 2.17. The van der Waals surface area contributed by atoms with Crippen LogP contribution in [-0.4, -0.2) is 9.97 Å². The summed E-state index contributed by atoms with van der Waals surface area (Å²) in [7, 11) is 0. The molecule has 0 amide bonds. The Morgan fingerprint density at radius 1 is 0.431 bits per heavy atom. The molecule has 0 saturated heterocycles. The monoisotopic (exact) mass is 652 g/mol. The first-order valence-corrected chi connectivity index (χ1v) is 17.4. The SMILES string of the molecule is CC1(c2ccccc2)c2ccccc2-c2ccc(-c3ccccc3-c3cc(-c4cccc5c4oc4ccccc45)nc(-c4ccccc4)n3)cc21. The van der Waals surface area contributed by atoms with Gasteiger partial charge in [0.05, 0.1) is 11.4 Å². The van der Waals surface area contributed by atoms with E-state index in [2.05, 4.69) is 153 Å². The van der Waals surface area contributed by atoms with Crippen LogP contribution >= 0.6 is 0 Å². The molecule has 0 N–H and O–H groups in total. The van der Waals surface area contributed by atoms with Crippen LogP contribution in [0.3, 0.4) is 0 Å². The maximum atomic E-state index is 6.49. The molecule has 7 aromatic carbocycles. The number of nitrogens with zero attached hydrogens (tertiary/aromatic N) is 2. The van der Waals surface area contributed by atoms with Crippen LogP contribution in [0.25, 0.3) is 78.1 Å². The predicted octanol–water partition coefficient (Wildman–Crippen LogP) is 12.4. The molecule has 1 unspecified atom stereocenters. The largest absolute Gasteiger partial charge is 0.455 e. The molecule has 3 heteroatoms. The van der Waals surface area contributed by atoms with Gasteiger partial charge in [0.25, 0.3) is 0 Å². The molecular weight excluding hydrogens is 621 g/mol. The third kappa shape index (κ3) is 4.59. The Bertz CT molecular complexity index is 2760. The van der Waals surface area contributed by atoms with Gasteiger partial charge in [-0.25, -0.2) is 9.97 Å². The smallest absolute Gasteiger partial charge is 0.160 e. The van der Waals surface area contributed by atoms with Gasteiger partial charge in [-0.3, -0.25) is 0 Å². The standard InChI is InChI=1S/C48H32N2O/c1-48(33-17-6-3-7-18-33)41-25-12-10-20-35(41)36-28-27-32(29-42(36)48)34-19-8-9-21-37(34)43-30-44(50-47(49-43)31-15-4-2-5-16-31)40-24-14-23-39-38-22-11-13-26-45(38)51-46(39)40/h2-30H,1H3. The Kier molecular flexibility index (Phi) is 6.62. The number of fused-ring (bicyclic) bond motifs is 6. The van der Waals surface area contributed by atoms with E-state index in [0.717, 1.165) is 61.1 Å². The summed E-state index contributed by atoms with van der Waals surface area (Å²) in [6.07, 6.45) is 0. The van der Waals surface area contributed by atoms with Crippen molar-refractivity contribution >= 4 is 21.9 Å². The minimum absolute atomic E-state index is 0.286. The topological polar surface area (TPSA) is 38.9 Å². The summed E-state index contributed by atoms with van der Waals surface area (Å²) in [4.78, 5) is 10.4. The average Bonchev–Trinajstić information content (AvgIpc) is 3.71. The highest BCUT2D eigenvalue weighted by Gasteiger charge is 2.40. The number of benzene rings is 7. The molecule has 10 rings (SSSR count). The molecule has 1 aliphatic carbocycles. The highest BCUT2D eigenvalue weighted by Crippen LogP contribution is 2.53. The fraction of sp³-hybridized carbons (Fsp3) is 0.0417. The van der Waals surface area contributed by atoms with E-state index >= 15 is 0 Å². The molecule has 51 heavy (non-hydrogen) atoms. The van der Waals surface area contributed by atoms with Crippen molar-refractivity contribution in [3.05, 3.63) is 193 Å². The Hall–Kier alpha value is -6.58. The fourth-order valence-electron chi connectivity index (χ4n) is 8.09. The lowest BCUT2D eigenvalue weighted by Crippen LogP contribution is -2.22. The van der Waals surface area contributed by atoms with Crippen molar-refractivity contribution in [3.63, 3.8) is 0 Å². The van der Waals surface area contributed by atoms with Crippen LogP contribution in [-0.2, 0) is 5.41 Å². The van der Waals surface area contributed by atoms with Crippen molar-refractivity contribution < 1.29 is 4.42 Å². The van der Waals surface area contributed by atoms with Crippen LogP contribution in [0, 0.1) is 0 Å². The van der Waals surface area contributed by atoms with Crippen molar-refractivity contribution in [2.75, 3.05) is 0 Å². The van der Waals surface area contributed by atoms with Gasteiger partial charge < -0.3 is 4.42 Å². The molecule has 9 aromatic rings. The quantitative estimate of drug-likeness (QED) is 0.186. The van der Waals surface area contributed by atoms with Gasteiger partial charge in [-0.2, -0.15) is 0 Å². The van der Waals surface area contributed by atoms with Crippen molar-refractivity contribution in [2.24, 2.45) is 0 Å². The lowest BCUT2D eigenvalue weighted by Gasteiger charge is -2.28. The van der Waals surface area contributed by atoms with Crippen LogP contribution in [0.2, 0.25) is 0 Å². The third-order valence-electron chi connectivity index (χ3n) is 10.6. The second-order valence-electron chi connectivity index (χ2n) is 13.5. The first-order valence-electron chi connectivity index (χ1n) is 17.4. The van der Waals surface area contributed by atoms with Gasteiger partial charge >= 0.3 is 0 Å². The molecule has 0 bridgehead atoms. The zero-order valence-electron chi connectivity index (χ0n) is 28.0. The number of hydrogen-bond acceptors (Lipinski definition) is 3. The molecule has 2 aromatic heterocycles. The highest BCUT2D eigenvalue weighted by atomic mass is 16.3. The molecule has 3 nitrogen and oxygen atoms in total. The zero-order chi connectivity index (χ0) is 33.9. The van der Waals surface area contributed by atoms with Crippen LogP contribution < -0.4 is 0 Å². The van der Waals surface area contributed by atoms with E-state index < -0.39 is 0 Å². The Labute approximate surface area is 296 Å². The van der Waals surface area contributed by atoms with Crippen molar-refractivity contribution in [3.8, 4) is 56.2 Å². The fourth-order valence-corrected chi connectivity index (χ4v) is 8.09. The Morgan fingerprint density at radius 3 is 1.86 bits per heavy atom. The number of furan rings is 1. The average molecular weight is 653 g/mol. The van der Waals surface area contributed by atoms with Gasteiger partial charge in [-0.15, -0.1) is 0 Å². The van der Waals surface area contributed by atoms with Gasteiger partial charge in [-0.1, -0.05) is 152 Å². The summed E-state index contributed by atoms with van der Waals surface area (Å²) in [5.74, 6) is 0.673. The first-order chi connectivity index (χ1) is 25.2. The number of hydrogen-bond donors (Lipinski definition) is 0.